The Kier molecular flexibility index (Phi) is 6.33. The minimum atomic E-state index is -3.91. The highest BCUT2D eigenvalue weighted by molar-refractivity contribution is 7.89. The summed E-state index contributed by atoms with van der Waals surface area (Å²) in [6, 6.07) is 8.61. The van der Waals surface area contributed by atoms with Crippen LogP contribution in [-0.2, 0) is 14.8 Å². The molecule has 164 valence electrons. The van der Waals surface area contributed by atoms with Gasteiger partial charge in [0.1, 0.15) is 17.4 Å². The number of carbonyl (C=O) groups excluding carboxylic acids is 1. The standard InChI is InChI=1S/C23H25NO6S/c1-6-18(24-31(27,28)17-9-7-13(2)8-10-17)23(26)30-20-12-14(3)11-19-21(20)15(4)16(5)22(25)29-19/h7-12,18,24H,6H2,1-5H3. The molecule has 31 heavy (non-hydrogen) atoms. The summed E-state index contributed by atoms with van der Waals surface area (Å²) in [5.41, 5.74) is 2.57. The monoisotopic (exact) mass is 443 g/mol. The number of rotatable bonds is 6. The minimum Gasteiger partial charge on any atom is -0.425 e. The number of fused-ring (bicyclic) bond motifs is 1. The second-order valence-electron chi connectivity index (χ2n) is 7.59. The molecular weight excluding hydrogens is 418 g/mol. The van der Waals surface area contributed by atoms with Crippen molar-refractivity contribution >= 4 is 27.0 Å². The largest absolute Gasteiger partial charge is 0.425 e. The van der Waals surface area contributed by atoms with Crippen LogP contribution < -0.4 is 15.1 Å². The molecule has 0 aliphatic rings. The van der Waals surface area contributed by atoms with E-state index in [1.807, 2.05) is 6.92 Å². The number of aryl methyl sites for hydroxylation is 3. The molecule has 0 aliphatic carbocycles. The highest BCUT2D eigenvalue weighted by Crippen LogP contribution is 2.31. The van der Waals surface area contributed by atoms with Gasteiger partial charge >= 0.3 is 11.6 Å². The predicted molar refractivity (Wildman–Crippen MR) is 118 cm³/mol. The van der Waals surface area contributed by atoms with E-state index in [9.17, 15) is 18.0 Å². The van der Waals surface area contributed by atoms with Crippen molar-refractivity contribution in [3.8, 4) is 5.75 Å². The van der Waals surface area contributed by atoms with Crippen LogP contribution in [0.5, 0.6) is 5.75 Å². The first-order valence-electron chi connectivity index (χ1n) is 9.89. The highest BCUT2D eigenvalue weighted by Gasteiger charge is 2.27. The van der Waals surface area contributed by atoms with Crippen LogP contribution in [0.15, 0.2) is 50.5 Å². The summed E-state index contributed by atoms with van der Waals surface area (Å²) in [6.45, 7) is 8.71. The summed E-state index contributed by atoms with van der Waals surface area (Å²) in [5.74, 6) is -0.523. The first kappa shape index (κ1) is 22.7. The van der Waals surface area contributed by atoms with E-state index in [-0.39, 0.29) is 17.1 Å². The van der Waals surface area contributed by atoms with Crippen molar-refractivity contribution in [2.24, 2.45) is 0 Å². The third kappa shape index (κ3) is 4.70. The van der Waals surface area contributed by atoms with Gasteiger partial charge in [-0.3, -0.25) is 0 Å². The van der Waals surface area contributed by atoms with Crippen LogP contribution in [0.25, 0.3) is 11.0 Å². The molecule has 0 amide bonds. The first-order valence-corrected chi connectivity index (χ1v) is 11.4. The summed E-state index contributed by atoms with van der Waals surface area (Å²) in [5, 5.41) is 0.507. The molecular formula is C23H25NO6S. The van der Waals surface area contributed by atoms with Gasteiger partial charge in [-0.25, -0.2) is 18.0 Å². The summed E-state index contributed by atoms with van der Waals surface area (Å²) < 4.78 is 38.8. The molecule has 0 fully saturated rings. The highest BCUT2D eigenvalue weighted by atomic mass is 32.2. The van der Waals surface area contributed by atoms with Gasteiger partial charge in [0.05, 0.1) is 10.3 Å². The molecule has 1 unspecified atom stereocenters. The van der Waals surface area contributed by atoms with Gasteiger partial charge in [0.2, 0.25) is 10.0 Å². The fourth-order valence-corrected chi connectivity index (χ4v) is 4.49. The molecule has 0 saturated heterocycles. The van der Waals surface area contributed by atoms with Gasteiger partial charge < -0.3 is 9.15 Å². The third-order valence-electron chi connectivity index (χ3n) is 5.19. The minimum absolute atomic E-state index is 0.0681. The molecule has 1 aromatic heterocycles. The molecule has 0 aliphatic heterocycles. The number of ether oxygens (including phenoxy) is 1. The maximum Gasteiger partial charge on any atom is 0.339 e. The van der Waals surface area contributed by atoms with E-state index < -0.39 is 27.7 Å². The Hall–Kier alpha value is -2.97. The van der Waals surface area contributed by atoms with Crippen molar-refractivity contribution in [1.29, 1.82) is 0 Å². The predicted octanol–water partition coefficient (Wildman–Crippen LogP) is 3.69. The molecule has 8 heteroatoms. The number of benzene rings is 2. The molecule has 3 rings (SSSR count). The van der Waals surface area contributed by atoms with E-state index in [0.717, 1.165) is 11.1 Å². The van der Waals surface area contributed by atoms with Gasteiger partial charge in [0, 0.05) is 5.56 Å². The molecule has 0 radical (unpaired) electrons. The van der Waals surface area contributed by atoms with Crippen molar-refractivity contribution in [3.05, 3.63) is 69.1 Å². The average molecular weight is 444 g/mol. The fourth-order valence-electron chi connectivity index (χ4n) is 3.22. The Morgan fingerprint density at radius 2 is 1.68 bits per heavy atom. The van der Waals surface area contributed by atoms with Crippen LogP contribution in [-0.4, -0.2) is 20.4 Å². The van der Waals surface area contributed by atoms with Gasteiger partial charge in [-0.15, -0.1) is 0 Å². The second-order valence-corrected chi connectivity index (χ2v) is 9.31. The maximum atomic E-state index is 12.9. The van der Waals surface area contributed by atoms with Gasteiger partial charge in [-0.2, -0.15) is 4.72 Å². The van der Waals surface area contributed by atoms with E-state index in [1.165, 1.54) is 12.1 Å². The number of nitrogens with one attached hydrogen (secondary N) is 1. The molecule has 0 bridgehead atoms. The Balaban J connectivity index is 1.94. The van der Waals surface area contributed by atoms with E-state index in [1.54, 1.807) is 52.0 Å². The van der Waals surface area contributed by atoms with Crippen LogP contribution in [0.1, 0.15) is 35.6 Å². The lowest BCUT2D eigenvalue weighted by Gasteiger charge is -2.18. The third-order valence-corrected chi connectivity index (χ3v) is 6.68. The van der Waals surface area contributed by atoms with Gasteiger partial charge in [0.15, 0.2) is 0 Å². The lowest BCUT2D eigenvalue weighted by Crippen LogP contribution is -2.42. The van der Waals surface area contributed by atoms with Gasteiger partial charge in [-0.05, 0) is 69.5 Å². The fraction of sp³-hybridized carbons (Fsp3) is 0.304. The van der Waals surface area contributed by atoms with E-state index in [4.69, 9.17) is 9.15 Å². The summed E-state index contributed by atoms with van der Waals surface area (Å²) >= 11 is 0. The van der Waals surface area contributed by atoms with E-state index >= 15 is 0 Å². The molecule has 1 heterocycles. The Labute approximate surface area is 181 Å². The number of hydrogen-bond donors (Lipinski definition) is 1. The van der Waals surface area contributed by atoms with Gasteiger partial charge in [-0.1, -0.05) is 24.6 Å². The van der Waals surface area contributed by atoms with Crippen molar-refractivity contribution < 1.29 is 22.4 Å². The zero-order valence-corrected chi connectivity index (χ0v) is 18.9. The number of esters is 1. The van der Waals surface area contributed by atoms with E-state index in [2.05, 4.69) is 4.72 Å². The SMILES string of the molecule is CCC(NS(=O)(=O)c1ccc(C)cc1)C(=O)Oc1cc(C)cc2oc(=O)c(C)c(C)c12. The Morgan fingerprint density at radius 3 is 2.29 bits per heavy atom. The van der Waals surface area contributed by atoms with Crippen LogP contribution in [0.4, 0.5) is 0 Å². The molecule has 0 spiro atoms. The van der Waals surface area contributed by atoms with Crippen molar-refractivity contribution in [1.82, 2.24) is 4.72 Å². The lowest BCUT2D eigenvalue weighted by molar-refractivity contribution is -0.136. The summed E-state index contributed by atoms with van der Waals surface area (Å²) in [4.78, 5) is 25.0. The Bertz CT molecular complexity index is 1310. The molecule has 1 N–H and O–H groups in total. The van der Waals surface area contributed by atoms with E-state index in [0.29, 0.717) is 22.1 Å². The Morgan fingerprint density at radius 1 is 1.03 bits per heavy atom. The number of hydrogen-bond acceptors (Lipinski definition) is 6. The number of sulfonamides is 1. The zero-order chi connectivity index (χ0) is 22.9. The number of carbonyl (C=O) groups is 1. The first-order chi connectivity index (χ1) is 14.5. The normalized spacial score (nSPS) is 12.7. The summed E-state index contributed by atoms with van der Waals surface area (Å²) in [6.07, 6.45) is 0.195. The molecule has 2 aromatic carbocycles. The van der Waals surface area contributed by atoms with Crippen molar-refractivity contribution in [3.63, 3.8) is 0 Å². The van der Waals surface area contributed by atoms with Crippen molar-refractivity contribution in [2.45, 2.75) is 52.0 Å². The maximum absolute atomic E-state index is 12.9. The van der Waals surface area contributed by atoms with Crippen LogP contribution in [0, 0.1) is 27.7 Å². The van der Waals surface area contributed by atoms with Crippen LogP contribution in [0.2, 0.25) is 0 Å². The molecule has 7 nitrogen and oxygen atoms in total. The molecule has 3 aromatic rings. The molecule has 1 atom stereocenters. The smallest absolute Gasteiger partial charge is 0.339 e. The zero-order valence-electron chi connectivity index (χ0n) is 18.1. The second kappa shape index (κ2) is 8.64. The average Bonchev–Trinajstić information content (AvgIpc) is 2.70. The summed E-state index contributed by atoms with van der Waals surface area (Å²) in [7, 11) is -3.91. The lowest BCUT2D eigenvalue weighted by atomic mass is 10.0. The quantitative estimate of drug-likeness (QED) is 0.354. The van der Waals surface area contributed by atoms with Crippen molar-refractivity contribution in [2.75, 3.05) is 0 Å². The van der Waals surface area contributed by atoms with Crippen LogP contribution >= 0.6 is 0 Å². The van der Waals surface area contributed by atoms with Gasteiger partial charge in [0.25, 0.3) is 0 Å². The topological polar surface area (TPSA) is 103 Å². The van der Waals surface area contributed by atoms with Crippen LogP contribution in [0.3, 0.4) is 0 Å². The molecule has 0 saturated carbocycles.